The van der Waals surface area contributed by atoms with E-state index in [0.29, 0.717) is 6.10 Å². The Morgan fingerprint density at radius 2 is 1.80 bits per heavy atom. The van der Waals surface area contributed by atoms with E-state index in [-0.39, 0.29) is 0 Å². The van der Waals surface area contributed by atoms with Gasteiger partial charge in [0.05, 0.1) is 6.10 Å². The van der Waals surface area contributed by atoms with Gasteiger partial charge >= 0.3 is 0 Å². The smallest absolute Gasteiger partial charge is 0.0518 e. The summed E-state index contributed by atoms with van der Waals surface area (Å²) in [4.78, 5) is 0. The summed E-state index contributed by atoms with van der Waals surface area (Å²) in [6.07, 6.45) is 2.85. The maximum atomic E-state index is 5.61. The molecule has 1 unspecified atom stereocenters. The first-order valence-electron chi connectivity index (χ1n) is 6.38. The molecular weight excluding hydrogens is 186 g/mol. The molecule has 15 heavy (non-hydrogen) atoms. The van der Waals surface area contributed by atoms with Crippen LogP contribution < -0.4 is 5.32 Å². The summed E-state index contributed by atoms with van der Waals surface area (Å²) < 4.78 is 5.61. The first-order chi connectivity index (χ1) is 7.06. The van der Waals surface area contributed by atoms with Crippen molar-refractivity contribution >= 4 is 0 Å². The van der Waals surface area contributed by atoms with Gasteiger partial charge in [-0.1, -0.05) is 20.8 Å². The van der Waals surface area contributed by atoms with Crippen LogP contribution in [0, 0.1) is 11.8 Å². The lowest BCUT2D eigenvalue weighted by molar-refractivity contribution is 0.0665. The van der Waals surface area contributed by atoms with Crippen molar-refractivity contribution in [2.75, 3.05) is 19.7 Å². The van der Waals surface area contributed by atoms with Gasteiger partial charge in [0.1, 0.15) is 0 Å². The van der Waals surface area contributed by atoms with Gasteiger partial charge in [-0.25, -0.2) is 0 Å². The minimum Gasteiger partial charge on any atom is -0.379 e. The summed E-state index contributed by atoms with van der Waals surface area (Å²) in [5.74, 6) is 1.55. The van der Waals surface area contributed by atoms with Gasteiger partial charge in [0.15, 0.2) is 0 Å². The Hall–Kier alpha value is -0.0800. The molecule has 0 aromatic rings. The van der Waals surface area contributed by atoms with Crippen molar-refractivity contribution in [3.63, 3.8) is 0 Å². The van der Waals surface area contributed by atoms with Gasteiger partial charge in [-0.15, -0.1) is 0 Å². The van der Waals surface area contributed by atoms with Gasteiger partial charge in [0.2, 0.25) is 0 Å². The summed E-state index contributed by atoms with van der Waals surface area (Å²) in [5.41, 5.74) is 0. The van der Waals surface area contributed by atoms with Gasteiger partial charge in [-0.2, -0.15) is 0 Å². The average molecular weight is 215 g/mol. The Morgan fingerprint density at radius 1 is 1.13 bits per heavy atom. The molecule has 0 aromatic carbocycles. The first kappa shape index (κ1) is 14.9. The molecule has 0 aliphatic rings. The number of hydrogen-bond donors (Lipinski definition) is 1. The molecule has 0 aliphatic heterocycles. The zero-order chi connectivity index (χ0) is 11.7. The SMILES string of the molecule is CCNCC(CCOC(C)C)CC(C)C. The summed E-state index contributed by atoms with van der Waals surface area (Å²) >= 11 is 0. The third-order valence-electron chi connectivity index (χ3n) is 2.47. The zero-order valence-electron chi connectivity index (χ0n) is 11.2. The van der Waals surface area contributed by atoms with Crippen molar-refractivity contribution in [3.05, 3.63) is 0 Å². The predicted octanol–water partition coefficient (Wildman–Crippen LogP) is 3.07. The average Bonchev–Trinajstić information content (AvgIpc) is 2.12. The molecule has 0 bridgehead atoms. The molecule has 1 atom stereocenters. The molecule has 0 heterocycles. The Bertz CT molecular complexity index is 134. The molecule has 0 spiro atoms. The maximum Gasteiger partial charge on any atom is 0.0518 e. The fourth-order valence-corrected chi connectivity index (χ4v) is 1.79. The van der Waals surface area contributed by atoms with Crippen LogP contribution >= 0.6 is 0 Å². The minimum absolute atomic E-state index is 0.365. The Kier molecular flexibility index (Phi) is 9.12. The van der Waals surface area contributed by atoms with Crippen LogP contribution in [0.1, 0.15) is 47.5 Å². The number of nitrogens with one attached hydrogen (secondary N) is 1. The van der Waals surface area contributed by atoms with E-state index in [1.165, 1.54) is 12.8 Å². The zero-order valence-corrected chi connectivity index (χ0v) is 11.2. The van der Waals surface area contributed by atoms with Crippen molar-refractivity contribution in [1.29, 1.82) is 0 Å². The fourth-order valence-electron chi connectivity index (χ4n) is 1.79. The second-order valence-electron chi connectivity index (χ2n) is 5.01. The van der Waals surface area contributed by atoms with E-state index in [1.54, 1.807) is 0 Å². The van der Waals surface area contributed by atoms with Gasteiger partial charge in [-0.05, 0) is 51.6 Å². The van der Waals surface area contributed by atoms with Gasteiger partial charge in [0, 0.05) is 6.61 Å². The molecule has 92 valence electrons. The van der Waals surface area contributed by atoms with E-state index in [0.717, 1.165) is 31.5 Å². The molecule has 1 N–H and O–H groups in total. The minimum atomic E-state index is 0.365. The molecule has 2 heteroatoms. The fraction of sp³-hybridized carbons (Fsp3) is 1.00. The van der Waals surface area contributed by atoms with Crippen LogP contribution in [-0.4, -0.2) is 25.8 Å². The van der Waals surface area contributed by atoms with Crippen LogP contribution in [0.2, 0.25) is 0 Å². The van der Waals surface area contributed by atoms with Crippen molar-refractivity contribution in [2.24, 2.45) is 11.8 Å². The Balaban J connectivity index is 3.69. The molecule has 2 nitrogen and oxygen atoms in total. The van der Waals surface area contributed by atoms with E-state index >= 15 is 0 Å². The molecule has 0 saturated carbocycles. The lowest BCUT2D eigenvalue weighted by Crippen LogP contribution is -2.25. The van der Waals surface area contributed by atoms with Crippen molar-refractivity contribution in [3.8, 4) is 0 Å². The molecule has 0 fully saturated rings. The summed E-state index contributed by atoms with van der Waals surface area (Å²) in [6, 6.07) is 0. The summed E-state index contributed by atoms with van der Waals surface area (Å²) in [6.45, 7) is 14.1. The molecule has 0 rings (SSSR count). The van der Waals surface area contributed by atoms with Gasteiger partial charge < -0.3 is 10.1 Å². The highest BCUT2D eigenvalue weighted by Gasteiger charge is 2.10. The van der Waals surface area contributed by atoms with E-state index in [4.69, 9.17) is 4.74 Å². The number of ether oxygens (including phenoxy) is 1. The topological polar surface area (TPSA) is 21.3 Å². The second-order valence-corrected chi connectivity index (χ2v) is 5.01. The van der Waals surface area contributed by atoms with E-state index in [9.17, 15) is 0 Å². The Morgan fingerprint density at radius 3 is 2.27 bits per heavy atom. The van der Waals surface area contributed by atoms with Crippen LogP contribution in [-0.2, 0) is 4.74 Å². The van der Waals surface area contributed by atoms with Crippen LogP contribution in [0.3, 0.4) is 0 Å². The third-order valence-corrected chi connectivity index (χ3v) is 2.47. The van der Waals surface area contributed by atoms with Crippen LogP contribution in [0.4, 0.5) is 0 Å². The van der Waals surface area contributed by atoms with Crippen LogP contribution in [0.15, 0.2) is 0 Å². The van der Waals surface area contributed by atoms with Crippen LogP contribution in [0.5, 0.6) is 0 Å². The standard InChI is InChI=1S/C13H29NO/c1-6-14-10-13(9-11(2)3)7-8-15-12(4)5/h11-14H,6-10H2,1-5H3. The molecular formula is C13H29NO. The normalized spacial score (nSPS) is 13.8. The molecule has 0 aromatic heterocycles. The highest BCUT2D eigenvalue weighted by atomic mass is 16.5. The molecule has 0 radical (unpaired) electrons. The van der Waals surface area contributed by atoms with Crippen molar-refractivity contribution in [2.45, 2.75) is 53.6 Å². The molecule has 0 saturated heterocycles. The number of hydrogen-bond acceptors (Lipinski definition) is 2. The van der Waals surface area contributed by atoms with Crippen molar-refractivity contribution in [1.82, 2.24) is 5.32 Å². The van der Waals surface area contributed by atoms with E-state index < -0.39 is 0 Å². The predicted molar refractivity (Wildman–Crippen MR) is 67.2 cm³/mol. The van der Waals surface area contributed by atoms with Crippen molar-refractivity contribution < 1.29 is 4.74 Å². The number of rotatable bonds is 9. The monoisotopic (exact) mass is 215 g/mol. The largest absolute Gasteiger partial charge is 0.379 e. The quantitative estimate of drug-likeness (QED) is 0.638. The third kappa shape index (κ3) is 10.2. The van der Waals surface area contributed by atoms with Gasteiger partial charge in [0.25, 0.3) is 0 Å². The second kappa shape index (κ2) is 9.17. The highest BCUT2D eigenvalue weighted by Crippen LogP contribution is 2.15. The maximum absolute atomic E-state index is 5.61. The summed E-state index contributed by atoms with van der Waals surface area (Å²) in [5, 5.41) is 3.44. The Labute approximate surface area is 95.8 Å². The van der Waals surface area contributed by atoms with E-state index in [1.807, 2.05) is 0 Å². The summed E-state index contributed by atoms with van der Waals surface area (Å²) in [7, 11) is 0. The lowest BCUT2D eigenvalue weighted by Gasteiger charge is -2.20. The van der Waals surface area contributed by atoms with E-state index in [2.05, 4.69) is 39.9 Å². The van der Waals surface area contributed by atoms with Crippen LogP contribution in [0.25, 0.3) is 0 Å². The molecule has 0 aliphatic carbocycles. The molecule has 0 amide bonds. The van der Waals surface area contributed by atoms with Gasteiger partial charge in [-0.3, -0.25) is 0 Å². The first-order valence-corrected chi connectivity index (χ1v) is 6.38. The highest BCUT2D eigenvalue weighted by molar-refractivity contribution is 4.64. The lowest BCUT2D eigenvalue weighted by atomic mass is 9.94.